The highest BCUT2D eigenvalue weighted by Gasteiger charge is 2.27. The maximum Gasteiger partial charge on any atom is 0.345 e. The minimum absolute atomic E-state index is 0.265. The number of benzene rings is 1. The monoisotopic (exact) mass is 401 g/mol. The number of carbonyl (C=O) groups excluding carboxylic acids is 1. The number of hydrogen-bond donors (Lipinski definition) is 0. The van der Waals surface area contributed by atoms with E-state index in [1.54, 1.807) is 0 Å². The molecule has 2 aromatic rings. The number of carbonyl (C=O) groups is 1. The molecule has 1 heterocycles. The third kappa shape index (κ3) is 3.49. The smallest absolute Gasteiger partial charge is 0.345 e. The van der Waals surface area contributed by atoms with Crippen molar-refractivity contribution >= 4 is 37.8 Å². The highest BCUT2D eigenvalue weighted by atomic mass is 79.9. The SMILES string of the molecule is CC(C)(C)OC(=O)c1c(-c2cccc(Br)c2)noc1Br. The Morgan fingerprint density at radius 1 is 1.30 bits per heavy atom. The topological polar surface area (TPSA) is 52.3 Å². The number of nitrogens with zero attached hydrogens (tertiary/aromatic N) is 1. The molecule has 0 spiro atoms. The van der Waals surface area contributed by atoms with Crippen LogP contribution in [0.4, 0.5) is 0 Å². The summed E-state index contributed by atoms with van der Waals surface area (Å²) in [6.07, 6.45) is 0. The number of esters is 1. The second-order valence-corrected chi connectivity index (χ2v) is 6.83. The van der Waals surface area contributed by atoms with E-state index in [1.807, 2.05) is 45.0 Å². The molecule has 0 saturated carbocycles. The highest BCUT2D eigenvalue weighted by Crippen LogP contribution is 2.31. The maximum absolute atomic E-state index is 12.3. The van der Waals surface area contributed by atoms with Crippen molar-refractivity contribution in [1.29, 1.82) is 0 Å². The summed E-state index contributed by atoms with van der Waals surface area (Å²) < 4.78 is 11.6. The van der Waals surface area contributed by atoms with Gasteiger partial charge in [-0.05, 0) is 48.8 Å². The van der Waals surface area contributed by atoms with E-state index in [4.69, 9.17) is 9.26 Å². The van der Waals surface area contributed by atoms with Crippen LogP contribution in [0.1, 0.15) is 31.1 Å². The van der Waals surface area contributed by atoms with Crippen molar-refractivity contribution in [3.05, 3.63) is 39.0 Å². The second kappa shape index (κ2) is 5.69. The summed E-state index contributed by atoms with van der Waals surface area (Å²) in [5.41, 5.74) is 0.933. The van der Waals surface area contributed by atoms with Gasteiger partial charge in [0.25, 0.3) is 0 Å². The second-order valence-electron chi connectivity index (χ2n) is 5.19. The van der Waals surface area contributed by atoms with Crippen LogP contribution in [0.15, 0.2) is 37.9 Å². The molecule has 0 atom stereocenters. The van der Waals surface area contributed by atoms with E-state index in [0.29, 0.717) is 5.69 Å². The average molecular weight is 403 g/mol. The first-order chi connectivity index (χ1) is 9.28. The molecule has 0 saturated heterocycles. The van der Waals surface area contributed by atoms with Crippen LogP contribution in [-0.4, -0.2) is 16.7 Å². The third-order valence-corrected chi connectivity index (χ3v) is 3.39. The van der Waals surface area contributed by atoms with Gasteiger partial charge in [0.05, 0.1) is 0 Å². The van der Waals surface area contributed by atoms with Crippen LogP contribution in [0, 0.1) is 0 Å². The van der Waals surface area contributed by atoms with Crippen molar-refractivity contribution in [3.63, 3.8) is 0 Å². The van der Waals surface area contributed by atoms with E-state index >= 15 is 0 Å². The van der Waals surface area contributed by atoms with Gasteiger partial charge in [0.15, 0.2) is 0 Å². The fraction of sp³-hybridized carbons (Fsp3) is 0.286. The van der Waals surface area contributed by atoms with Gasteiger partial charge in [-0.1, -0.05) is 33.2 Å². The lowest BCUT2D eigenvalue weighted by atomic mass is 10.1. The van der Waals surface area contributed by atoms with Gasteiger partial charge in [0.2, 0.25) is 4.67 Å². The average Bonchev–Trinajstić information content (AvgIpc) is 2.69. The number of aromatic nitrogens is 1. The molecule has 2 rings (SSSR count). The lowest BCUT2D eigenvalue weighted by Gasteiger charge is -2.19. The zero-order chi connectivity index (χ0) is 14.9. The minimum Gasteiger partial charge on any atom is -0.456 e. The van der Waals surface area contributed by atoms with Gasteiger partial charge in [-0.2, -0.15) is 0 Å². The Morgan fingerprint density at radius 2 is 2.00 bits per heavy atom. The Kier molecular flexibility index (Phi) is 4.34. The molecule has 106 valence electrons. The molecule has 0 aliphatic heterocycles. The Hall–Kier alpha value is -1.14. The summed E-state index contributed by atoms with van der Waals surface area (Å²) >= 11 is 6.59. The lowest BCUT2D eigenvalue weighted by Crippen LogP contribution is -2.24. The van der Waals surface area contributed by atoms with Crippen LogP contribution in [0.3, 0.4) is 0 Å². The largest absolute Gasteiger partial charge is 0.456 e. The van der Waals surface area contributed by atoms with Crippen LogP contribution >= 0.6 is 31.9 Å². The van der Waals surface area contributed by atoms with Crippen molar-refractivity contribution in [2.45, 2.75) is 26.4 Å². The Morgan fingerprint density at radius 3 is 2.60 bits per heavy atom. The molecule has 1 aromatic carbocycles. The molecule has 0 radical (unpaired) electrons. The van der Waals surface area contributed by atoms with Crippen LogP contribution in [0.5, 0.6) is 0 Å². The number of halogens is 2. The Labute approximate surface area is 133 Å². The molecule has 4 nitrogen and oxygen atoms in total. The van der Waals surface area contributed by atoms with Gasteiger partial charge in [-0.15, -0.1) is 0 Å². The number of hydrogen-bond acceptors (Lipinski definition) is 4. The number of rotatable bonds is 2. The van der Waals surface area contributed by atoms with Gasteiger partial charge in [0.1, 0.15) is 16.9 Å². The normalized spacial score (nSPS) is 11.4. The summed E-state index contributed by atoms with van der Waals surface area (Å²) in [5.74, 6) is -0.472. The van der Waals surface area contributed by atoms with E-state index in [2.05, 4.69) is 37.0 Å². The van der Waals surface area contributed by atoms with Gasteiger partial charge in [0, 0.05) is 10.0 Å². The van der Waals surface area contributed by atoms with Crippen molar-refractivity contribution in [3.8, 4) is 11.3 Å². The van der Waals surface area contributed by atoms with Crippen molar-refractivity contribution < 1.29 is 14.1 Å². The number of ether oxygens (including phenoxy) is 1. The molecule has 0 aliphatic rings. The van der Waals surface area contributed by atoms with Crippen molar-refractivity contribution in [1.82, 2.24) is 5.16 Å². The van der Waals surface area contributed by atoms with Crippen LogP contribution < -0.4 is 0 Å². The molecule has 20 heavy (non-hydrogen) atoms. The summed E-state index contributed by atoms with van der Waals surface area (Å²) in [7, 11) is 0. The van der Waals surface area contributed by atoms with Gasteiger partial charge < -0.3 is 9.26 Å². The molecule has 6 heteroatoms. The molecule has 0 N–H and O–H groups in total. The van der Waals surface area contributed by atoms with E-state index in [0.717, 1.165) is 10.0 Å². The van der Waals surface area contributed by atoms with Gasteiger partial charge >= 0.3 is 5.97 Å². The van der Waals surface area contributed by atoms with Crippen LogP contribution in [0.2, 0.25) is 0 Å². The molecule has 0 fully saturated rings. The molecular formula is C14H13Br2NO3. The van der Waals surface area contributed by atoms with Gasteiger partial charge in [-0.25, -0.2) is 4.79 Å². The summed E-state index contributed by atoms with van der Waals surface area (Å²) in [6, 6.07) is 7.47. The lowest BCUT2D eigenvalue weighted by molar-refractivity contribution is 0.00683. The van der Waals surface area contributed by atoms with Crippen LogP contribution in [-0.2, 0) is 4.74 Å². The molecule has 0 bridgehead atoms. The highest BCUT2D eigenvalue weighted by molar-refractivity contribution is 9.10. The van der Waals surface area contributed by atoms with E-state index < -0.39 is 11.6 Å². The minimum atomic E-state index is -0.581. The summed E-state index contributed by atoms with van der Waals surface area (Å²) in [4.78, 5) is 12.3. The maximum atomic E-state index is 12.3. The zero-order valence-electron chi connectivity index (χ0n) is 11.2. The fourth-order valence-electron chi connectivity index (χ4n) is 1.61. The third-order valence-electron chi connectivity index (χ3n) is 2.35. The van der Waals surface area contributed by atoms with E-state index in [9.17, 15) is 4.79 Å². The first-order valence-electron chi connectivity index (χ1n) is 5.92. The predicted molar refractivity (Wildman–Crippen MR) is 82.5 cm³/mol. The van der Waals surface area contributed by atoms with E-state index in [-0.39, 0.29) is 10.2 Å². The van der Waals surface area contributed by atoms with Crippen molar-refractivity contribution in [2.75, 3.05) is 0 Å². The standard InChI is InChI=1S/C14H13Br2NO3/c1-14(2,3)19-13(18)10-11(17-20-12(10)16)8-5-4-6-9(15)7-8/h4-7H,1-3H3. The predicted octanol–water partition coefficient (Wildman–Crippen LogP) is 4.82. The zero-order valence-corrected chi connectivity index (χ0v) is 14.4. The summed E-state index contributed by atoms with van der Waals surface area (Å²) in [6.45, 7) is 5.43. The first-order valence-corrected chi connectivity index (χ1v) is 7.51. The molecular weight excluding hydrogens is 390 g/mol. The quantitative estimate of drug-likeness (QED) is 0.675. The van der Waals surface area contributed by atoms with Crippen molar-refractivity contribution in [2.24, 2.45) is 0 Å². The summed E-state index contributed by atoms with van der Waals surface area (Å²) in [5, 5.41) is 3.93. The Bertz CT molecular complexity index is 644. The molecule has 0 unspecified atom stereocenters. The fourth-order valence-corrected chi connectivity index (χ4v) is 2.43. The van der Waals surface area contributed by atoms with E-state index in [1.165, 1.54) is 0 Å². The molecule has 0 aliphatic carbocycles. The first kappa shape index (κ1) is 15.3. The Balaban J connectivity index is 2.45. The molecule has 1 aromatic heterocycles. The van der Waals surface area contributed by atoms with Crippen LogP contribution in [0.25, 0.3) is 11.3 Å². The van der Waals surface area contributed by atoms with Gasteiger partial charge in [-0.3, -0.25) is 0 Å². The molecule has 0 amide bonds.